The molecule has 1 N–H and O–H groups in total. The normalized spacial score (nSPS) is 16.9. The van der Waals surface area contributed by atoms with Crippen molar-refractivity contribution in [2.45, 2.75) is 31.7 Å². The first-order valence-electron chi connectivity index (χ1n) is 7.70. The number of aryl methyl sites for hydroxylation is 1. The zero-order chi connectivity index (χ0) is 15.9. The smallest absolute Gasteiger partial charge is 0.311 e. The van der Waals surface area contributed by atoms with Crippen LogP contribution in [0.3, 0.4) is 0 Å². The molecule has 1 atom stereocenters. The van der Waals surface area contributed by atoms with Crippen molar-refractivity contribution in [1.82, 2.24) is 20.0 Å². The SMILES string of the molecule is COC[C@@H](NC(=O)C(=O)N1CCCCCC1)c1ccnn1C. The summed E-state index contributed by atoms with van der Waals surface area (Å²) in [5, 5.41) is 6.85. The molecule has 0 saturated carbocycles. The standard InChI is InChI=1S/C15H24N4O3/c1-18-13(7-8-16-18)12(11-22-2)17-14(20)15(21)19-9-5-3-4-6-10-19/h7-8,12H,3-6,9-11H2,1-2H3,(H,17,20)/t12-/m1/s1. The van der Waals surface area contributed by atoms with E-state index in [2.05, 4.69) is 10.4 Å². The lowest BCUT2D eigenvalue weighted by Crippen LogP contribution is -2.45. The molecule has 1 aromatic heterocycles. The second-order valence-electron chi connectivity index (χ2n) is 5.57. The number of nitrogens with one attached hydrogen (secondary N) is 1. The van der Waals surface area contributed by atoms with Crippen molar-refractivity contribution in [2.75, 3.05) is 26.8 Å². The van der Waals surface area contributed by atoms with Crippen LogP contribution in [0.4, 0.5) is 0 Å². The Kier molecular flexibility index (Phi) is 5.94. The first kappa shape index (κ1) is 16.5. The van der Waals surface area contributed by atoms with Gasteiger partial charge in [-0.05, 0) is 18.9 Å². The summed E-state index contributed by atoms with van der Waals surface area (Å²) in [5.74, 6) is -1.03. The predicted molar refractivity (Wildman–Crippen MR) is 81.0 cm³/mol. The van der Waals surface area contributed by atoms with Crippen LogP contribution in [0.25, 0.3) is 0 Å². The number of carbonyl (C=O) groups excluding carboxylic acids is 2. The maximum atomic E-state index is 12.3. The minimum Gasteiger partial charge on any atom is -0.382 e. The Morgan fingerprint density at radius 3 is 2.55 bits per heavy atom. The number of carbonyl (C=O) groups is 2. The van der Waals surface area contributed by atoms with E-state index in [0.717, 1.165) is 31.4 Å². The maximum absolute atomic E-state index is 12.3. The summed E-state index contributed by atoms with van der Waals surface area (Å²) in [6, 6.07) is 1.42. The third-order valence-corrected chi connectivity index (χ3v) is 3.94. The number of ether oxygens (including phenoxy) is 1. The van der Waals surface area contributed by atoms with Crippen molar-refractivity contribution in [2.24, 2.45) is 7.05 Å². The van der Waals surface area contributed by atoms with E-state index in [-0.39, 0.29) is 6.04 Å². The van der Waals surface area contributed by atoms with Gasteiger partial charge in [0.05, 0.1) is 18.3 Å². The number of hydrogen-bond acceptors (Lipinski definition) is 4. The molecule has 1 aromatic rings. The summed E-state index contributed by atoms with van der Waals surface area (Å²) >= 11 is 0. The monoisotopic (exact) mass is 308 g/mol. The zero-order valence-corrected chi connectivity index (χ0v) is 13.2. The molecular formula is C15H24N4O3. The van der Waals surface area contributed by atoms with Crippen LogP contribution in [0.1, 0.15) is 37.4 Å². The van der Waals surface area contributed by atoms with E-state index < -0.39 is 11.8 Å². The molecule has 1 saturated heterocycles. The second-order valence-corrected chi connectivity index (χ2v) is 5.57. The van der Waals surface area contributed by atoms with Crippen LogP contribution >= 0.6 is 0 Å². The zero-order valence-electron chi connectivity index (χ0n) is 13.2. The number of methoxy groups -OCH3 is 1. The molecule has 1 fully saturated rings. The Morgan fingerprint density at radius 1 is 1.32 bits per heavy atom. The van der Waals surface area contributed by atoms with Gasteiger partial charge in [0.2, 0.25) is 0 Å². The van der Waals surface area contributed by atoms with Gasteiger partial charge in [-0.15, -0.1) is 0 Å². The van der Waals surface area contributed by atoms with E-state index in [1.54, 1.807) is 36.0 Å². The third-order valence-electron chi connectivity index (χ3n) is 3.94. The number of hydrogen-bond donors (Lipinski definition) is 1. The lowest BCUT2D eigenvalue weighted by atomic mass is 10.2. The van der Waals surface area contributed by atoms with Crippen LogP contribution in [0.15, 0.2) is 12.3 Å². The first-order valence-corrected chi connectivity index (χ1v) is 7.70. The quantitative estimate of drug-likeness (QED) is 0.828. The Bertz CT molecular complexity index is 507. The fourth-order valence-corrected chi connectivity index (χ4v) is 2.73. The Morgan fingerprint density at radius 2 is 2.00 bits per heavy atom. The Balaban J connectivity index is 2.01. The number of likely N-dealkylation sites (tertiary alicyclic amines) is 1. The van der Waals surface area contributed by atoms with Gasteiger partial charge in [-0.2, -0.15) is 5.10 Å². The summed E-state index contributed by atoms with van der Waals surface area (Å²) in [5.41, 5.74) is 0.805. The Hall–Kier alpha value is -1.89. The van der Waals surface area contributed by atoms with Gasteiger partial charge >= 0.3 is 11.8 Å². The molecular weight excluding hydrogens is 284 g/mol. The number of amides is 2. The molecule has 2 rings (SSSR count). The molecule has 0 radical (unpaired) electrons. The molecule has 0 unspecified atom stereocenters. The maximum Gasteiger partial charge on any atom is 0.311 e. The van der Waals surface area contributed by atoms with E-state index >= 15 is 0 Å². The van der Waals surface area contributed by atoms with Gasteiger partial charge in [-0.25, -0.2) is 0 Å². The summed E-state index contributed by atoms with van der Waals surface area (Å²) in [7, 11) is 3.35. The van der Waals surface area contributed by atoms with Gasteiger partial charge in [-0.1, -0.05) is 12.8 Å². The van der Waals surface area contributed by atoms with E-state index in [1.165, 1.54) is 0 Å². The van der Waals surface area contributed by atoms with Crippen molar-refractivity contribution in [3.8, 4) is 0 Å². The van der Waals surface area contributed by atoms with E-state index in [9.17, 15) is 9.59 Å². The van der Waals surface area contributed by atoms with Crippen LogP contribution in [-0.2, 0) is 21.4 Å². The highest BCUT2D eigenvalue weighted by atomic mass is 16.5. The summed E-state index contributed by atoms with van der Waals surface area (Å²) < 4.78 is 6.82. The molecule has 2 heterocycles. The first-order chi connectivity index (χ1) is 10.6. The second kappa shape index (κ2) is 7.93. The van der Waals surface area contributed by atoms with Crippen molar-refractivity contribution in [1.29, 1.82) is 0 Å². The number of aromatic nitrogens is 2. The van der Waals surface area contributed by atoms with Crippen LogP contribution in [0, 0.1) is 0 Å². The molecule has 122 valence electrons. The van der Waals surface area contributed by atoms with Crippen molar-refractivity contribution >= 4 is 11.8 Å². The molecule has 1 aliphatic heterocycles. The van der Waals surface area contributed by atoms with E-state index in [1.807, 2.05) is 0 Å². The molecule has 1 aliphatic rings. The highest BCUT2D eigenvalue weighted by Crippen LogP contribution is 2.13. The third kappa shape index (κ3) is 4.07. The minimum atomic E-state index is -0.579. The fraction of sp³-hybridized carbons (Fsp3) is 0.667. The van der Waals surface area contributed by atoms with Crippen molar-refractivity contribution < 1.29 is 14.3 Å². The van der Waals surface area contributed by atoms with Gasteiger partial charge in [0.25, 0.3) is 0 Å². The lowest BCUT2D eigenvalue weighted by molar-refractivity contribution is -0.146. The number of rotatable bonds is 4. The topological polar surface area (TPSA) is 76.5 Å². The molecule has 2 amide bonds. The van der Waals surface area contributed by atoms with Gasteiger partial charge in [0, 0.05) is 33.4 Å². The van der Waals surface area contributed by atoms with Crippen LogP contribution in [0.5, 0.6) is 0 Å². The average molecular weight is 308 g/mol. The van der Waals surface area contributed by atoms with Gasteiger partial charge in [0.15, 0.2) is 0 Å². The summed E-state index contributed by atoms with van der Waals surface area (Å²) in [6.07, 6.45) is 5.81. The molecule has 22 heavy (non-hydrogen) atoms. The van der Waals surface area contributed by atoms with E-state index in [0.29, 0.717) is 19.7 Å². The molecule has 0 bridgehead atoms. The van der Waals surface area contributed by atoms with Crippen molar-refractivity contribution in [3.63, 3.8) is 0 Å². The summed E-state index contributed by atoms with van der Waals surface area (Å²) in [4.78, 5) is 26.2. The van der Waals surface area contributed by atoms with Gasteiger partial charge < -0.3 is 15.0 Å². The molecule has 7 nitrogen and oxygen atoms in total. The average Bonchev–Trinajstić information content (AvgIpc) is 2.77. The molecule has 7 heteroatoms. The Labute approximate surface area is 130 Å². The van der Waals surface area contributed by atoms with Crippen molar-refractivity contribution in [3.05, 3.63) is 18.0 Å². The molecule has 0 aliphatic carbocycles. The van der Waals surface area contributed by atoms with Crippen LogP contribution in [0.2, 0.25) is 0 Å². The highest BCUT2D eigenvalue weighted by Gasteiger charge is 2.26. The lowest BCUT2D eigenvalue weighted by Gasteiger charge is -2.22. The number of nitrogens with zero attached hydrogens (tertiary/aromatic N) is 3. The fourth-order valence-electron chi connectivity index (χ4n) is 2.73. The van der Waals surface area contributed by atoms with Crippen LogP contribution < -0.4 is 5.32 Å². The largest absolute Gasteiger partial charge is 0.382 e. The summed E-state index contributed by atoms with van der Waals surface area (Å²) in [6.45, 7) is 1.61. The predicted octanol–water partition coefficient (Wildman–Crippen LogP) is 0.626. The minimum absolute atomic E-state index is 0.290. The van der Waals surface area contributed by atoms with Gasteiger partial charge in [-0.3, -0.25) is 14.3 Å². The molecule has 0 aromatic carbocycles. The van der Waals surface area contributed by atoms with Gasteiger partial charge in [0.1, 0.15) is 0 Å². The van der Waals surface area contributed by atoms with Crippen LogP contribution in [-0.4, -0.2) is 53.3 Å². The molecule has 0 spiro atoms. The van der Waals surface area contributed by atoms with E-state index in [4.69, 9.17) is 4.74 Å². The highest BCUT2D eigenvalue weighted by molar-refractivity contribution is 6.35.